The largest absolute Gasteiger partial charge is 0.244 e. The van der Waals surface area contributed by atoms with Crippen molar-refractivity contribution in [2.75, 3.05) is 13.3 Å². The van der Waals surface area contributed by atoms with E-state index in [1.54, 1.807) is 37.3 Å². The minimum Gasteiger partial charge on any atom is -0.224 e. The van der Waals surface area contributed by atoms with Crippen LogP contribution in [0.1, 0.15) is 18.5 Å². The van der Waals surface area contributed by atoms with Gasteiger partial charge in [-0.15, -0.1) is 0 Å². The van der Waals surface area contributed by atoms with E-state index >= 15 is 0 Å². The first kappa shape index (κ1) is 19.1. The predicted octanol–water partition coefficient (Wildman–Crippen LogP) is 3.23. The van der Waals surface area contributed by atoms with Crippen LogP contribution in [0.15, 0.2) is 62.8 Å². The second-order valence-corrected chi connectivity index (χ2v) is 10.3. The molecule has 5 nitrogen and oxygen atoms in total. The third kappa shape index (κ3) is 3.88. The maximum Gasteiger partial charge on any atom is 0.244 e. The zero-order valence-electron chi connectivity index (χ0n) is 13.5. The average Bonchev–Trinajstić information content (AvgIpc) is 2.53. The third-order valence-electron chi connectivity index (χ3n) is 3.83. The van der Waals surface area contributed by atoms with E-state index in [1.807, 2.05) is 0 Å². The Morgan fingerprint density at radius 2 is 1.50 bits per heavy atom. The quantitative estimate of drug-likeness (QED) is 0.728. The number of halogens is 1. The van der Waals surface area contributed by atoms with Crippen LogP contribution in [0.2, 0.25) is 0 Å². The summed E-state index contributed by atoms with van der Waals surface area (Å²) in [7, 11) is -5.46. The van der Waals surface area contributed by atoms with Crippen LogP contribution < -0.4 is 0 Å². The fourth-order valence-electron chi connectivity index (χ4n) is 2.22. The molecule has 0 bridgehead atoms. The van der Waals surface area contributed by atoms with Gasteiger partial charge in [-0.1, -0.05) is 24.3 Å². The summed E-state index contributed by atoms with van der Waals surface area (Å²) in [5, 5.41) is 0. The number of hydrogen-bond acceptors (Lipinski definition) is 4. The Bertz CT molecular complexity index is 938. The first-order chi connectivity index (χ1) is 11.0. The molecular weight excluding hydrogens is 414 g/mol. The Hall–Kier alpha value is -1.22. The van der Waals surface area contributed by atoms with Gasteiger partial charge in [-0.05, 0) is 52.7 Å². The summed E-state index contributed by atoms with van der Waals surface area (Å²) in [5.74, 6) is 0. The molecule has 0 amide bonds. The van der Waals surface area contributed by atoms with Crippen molar-refractivity contribution in [3.05, 3.63) is 58.6 Å². The average molecular weight is 432 g/mol. The molecule has 0 N–H and O–H groups in total. The maximum atomic E-state index is 12.8. The molecule has 1 atom stereocenters. The highest BCUT2D eigenvalue weighted by Crippen LogP contribution is 2.30. The second-order valence-electron chi connectivity index (χ2n) is 5.47. The van der Waals surface area contributed by atoms with E-state index in [4.69, 9.17) is 0 Å². The fraction of sp³-hybridized carbons (Fsp3) is 0.250. The Balaban J connectivity index is 2.36. The molecule has 0 fully saturated rings. The zero-order chi connectivity index (χ0) is 18.1. The number of nitrogens with zero attached hydrogens (tertiary/aromatic N) is 1. The molecule has 0 spiro atoms. The summed E-state index contributed by atoms with van der Waals surface area (Å²) in [6.07, 6.45) is 1.13. The van der Waals surface area contributed by atoms with Crippen molar-refractivity contribution in [3.8, 4) is 0 Å². The van der Waals surface area contributed by atoms with Gasteiger partial charge >= 0.3 is 0 Å². The van der Waals surface area contributed by atoms with Crippen LogP contribution in [0.4, 0.5) is 0 Å². The monoisotopic (exact) mass is 431 g/mol. The lowest BCUT2D eigenvalue weighted by molar-refractivity contribution is 0.398. The molecule has 0 heterocycles. The molecule has 8 heteroatoms. The molecule has 0 saturated heterocycles. The van der Waals surface area contributed by atoms with Crippen LogP contribution in [0, 0.1) is 0 Å². The molecule has 24 heavy (non-hydrogen) atoms. The van der Waals surface area contributed by atoms with Gasteiger partial charge in [0.2, 0.25) is 10.0 Å². The van der Waals surface area contributed by atoms with E-state index in [2.05, 4.69) is 15.9 Å². The SMILES string of the molecule is C[C@H](c1ccc(S(C)(=O)=O)cc1)N(C)S(=O)(=O)c1ccccc1Br. The van der Waals surface area contributed by atoms with Crippen molar-refractivity contribution in [2.45, 2.75) is 22.8 Å². The lowest BCUT2D eigenvalue weighted by Gasteiger charge is -2.25. The zero-order valence-corrected chi connectivity index (χ0v) is 16.7. The topological polar surface area (TPSA) is 71.5 Å². The smallest absolute Gasteiger partial charge is 0.224 e. The molecule has 2 aromatic carbocycles. The summed E-state index contributed by atoms with van der Waals surface area (Å²) in [5.41, 5.74) is 0.709. The van der Waals surface area contributed by atoms with E-state index < -0.39 is 25.9 Å². The first-order valence-corrected chi connectivity index (χ1v) is 11.2. The highest BCUT2D eigenvalue weighted by molar-refractivity contribution is 9.10. The summed E-state index contributed by atoms with van der Waals surface area (Å²) < 4.78 is 50.4. The second kappa shape index (κ2) is 6.95. The molecule has 0 radical (unpaired) electrons. The van der Waals surface area contributed by atoms with Gasteiger partial charge in [0.05, 0.1) is 9.79 Å². The molecule has 0 aliphatic rings. The Morgan fingerprint density at radius 1 is 0.958 bits per heavy atom. The number of hydrogen-bond donors (Lipinski definition) is 0. The highest BCUT2D eigenvalue weighted by Gasteiger charge is 2.28. The standard InChI is InChI=1S/C16H18BrNO4S2/c1-12(13-8-10-14(11-9-13)23(3,19)20)18(2)24(21,22)16-7-5-4-6-15(16)17/h4-12H,1-3H3/t12-/m1/s1. The molecule has 2 rings (SSSR count). The van der Waals surface area contributed by atoms with Gasteiger partial charge in [0, 0.05) is 23.8 Å². The molecule has 2 aromatic rings. The van der Waals surface area contributed by atoms with Crippen LogP contribution in [0.25, 0.3) is 0 Å². The lowest BCUT2D eigenvalue weighted by atomic mass is 10.1. The lowest BCUT2D eigenvalue weighted by Crippen LogP contribution is -2.30. The van der Waals surface area contributed by atoms with E-state index in [1.165, 1.54) is 29.6 Å². The van der Waals surface area contributed by atoms with Crippen molar-refractivity contribution in [1.29, 1.82) is 0 Å². The van der Waals surface area contributed by atoms with E-state index in [0.717, 1.165) is 6.26 Å². The third-order valence-corrected chi connectivity index (χ3v) is 7.90. The number of sulfonamides is 1. The van der Waals surface area contributed by atoms with Crippen LogP contribution in [0.5, 0.6) is 0 Å². The van der Waals surface area contributed by atoms with Gasteiger partial charge in [-0.25, -0.2) is 16.8 Å². The molecule has 0 aromatic heterocycles. The highest BCUT2D eigenvalue weighted by atomic mass is 79.9. The van der Waals surface area contributed by atoms with Crippen molar-refractivity contribution in [1.82, 2.24) is 4.31 Å². The molecular formula is C16H18BrNO4S2. The Labute approximate surface area is 151 Å². The van der Waals surface area contributed by atoms with Crippen molar-refractivity contribution >= 4 is 35.8 Å². The van der Waals surface area contributed by atoms with Crippen LogP contribution in [-0.2, 0) is 19.9 Å². The van der Waals surface area contributed by atoms with Gasteiger partial charge < -0.3 is 0 Å². The Morgan fingerprint density at radius 3 is 2.00 bits per heavy atom. The molecule has 0 unspecified atom stereocenters. The van der Waals surface area contributed by atoms with Crippen LogP contribution >= 0.6 is 15.9 Å². The van der Waals surface area contributed by atoms with Gasteiger partial charge in [0.15, 0.2) is 9.84 Å². The van der Waals surface area contributed by atoms with E-state index in [-0.39, 0.29) is 9.79 Å². The molecule has 0 saturated carbocycles. The minimum absolute atomic E-state index is 0.187. The van der Waals surface area contributed by atoms with Crippen molar-refractivity contribution < 1.29 is 16.8 Å². The summed E-state index contributed by atoms with van der Waals surface area (Å²) >= 11 is 3.26. The normalized spacial score (nSPS) is 13.9. The summed E-state index contributed by atoms with van der Waals surface area (Å²) in [6, 6.07) is 12.4. The van der Waals surface area contributed by atoms with Gasteiger partial charge in [-0.2, -0.15) is 4.31 Å². The van der Waals surface area contributed by atoms with Gasteiger partial charge in [0.25, 0.3) is 0 Å². The summed E-state index contributed by atoms with van der Waals surface area (Å²) in [6.45, 7) is 1.75. The molecule has 130 valence electrons. The maximum absolute atomic E-state index is 12.8. The van der Waals surface area contributed by atoms with Crippen LogP contribution in [0.3, 0.4) is 0 Å². The molecule has 0 aliphatic carbocycles. The minimum atomic E-state index is -3.69. The van der Waals surface area contributed by atoms with Crippen molar-refractivity contribution in [2.24, 2.45) is 0 Å². The Kier molecular flexibility index (Phi) is 5.54. The van der Waals surface area contributed by atoms with Gasteiger partial charge in [0.1, 0.15) is 0 Å². The first-order valence-electron chi connectivity index (χ1n) is 7.07. The van der Waals surface area contributed by atoms with Crippen molar-refractivity contribution in [3.63, 3.8) is 0 Å². The van der Waals surface area contributed by atoms with Gasteiger partial charge in [-0.3, -0.25) is 0 Å². The van der Waals surface area contributed by atoms with E-state index in [9.17, 15) is 16.8 Å². The van der Waals surface area contributed by atoms with Crippen LogP contribution in [-0.4, -0.2) is 34.4 Å². The van der Waals surface area contributed by atoms with E-state index in [0.29, 0.717) is 10.0 Å². The number of sulfone groups is 1. The summed E-state index contributed by atoms with van der Waals surface area (Å²) in [4.78, 5) is 0.391. The molecule has 0 aliphatic heterocycles. The number of rotatable bonds is 5. The predicted molar refractivity (Wildman–Crippen MR) is 97.1 cm³/mol. The fourth-order valence-corrected chi connectivity index (χ4v) is 5.16. The number of benzene rings is 2.